The van der Waals surface area contributed by atoms with E-state index in [2.05, 4.69) is 4.72 Å². The Bertz CT molecular complexity index is 472. The summed E-state index contributed by atoms with van der Waals surface area (Å²) in [7, 11) is -1.90. The molecule has 0 atom stereocenters. The van der Waals surface area contributed by atoms with Crippen molar-refractivity contribution < 1.29 is 13.2 Å². The summed E-state index contributed by atoms with van der Waals surface area (Å²) in [6.07, 6.45) is 0.829. The highest BCUT2D eigenvalue weighted by Crippen LogP contribution is 2.26. The minimum Gasteiger partial charge on any atom is -0.495 e. The fraction of sp³-hybridized carbons (Fsp3) is 0.455. The van der Waals surface area contributed by atoms with Crippen molar-refractivity contribution >= 4 is 15.7 Å². The van der Waals surface area contributed by atoms with Crippen LogP contribution >= 0.6 is 0 Å². The molecule has 5 nitrogen and oxygen atoms in total. The quantitative estimate of drug-likeness (QED) is 0.796. The summed E-state index contributed by atoms with van der Waals surface area (Å²) in [5, 5.41) is 0. The van der Waals surface area contributed by atoms with Crippen molar-refractivity contribution in [1.82, 2.24) is 0 Å². The van der Waals surface area contributed by atoms with Gasteiger partial charge in [-0.25, -0.2) is 8.42 Å². The summed E-state index contributed by atoms with van der Waals surface area (Å²) >= 11 is 0. The van der Waals surface area contributed by atoms with Gasteiger partial charge in [0.05, 0.1) is 18.6 Å². The van der Waals surface area contributed by atoms with E-state index >= 15 is 0 Å². The van der Waals surface area contributed by atoms with Gasteiger partial charge in [0.15, 0.2) is 0 Å². The number of benzene rings is 1. The molecule has 3 N–H and O–H groups in total. The molecule has 0 spiro atoms. The van der Waals surface area contributed by atoms with Crippen LogP contribution in [-0.2, 0) is 16.4 Å². The fourth-order valence-electron chi connectivity index (χ4n) is 1.43. The molecule has 6 heteroatoms. The Labute approximate surface area is 102 Å². The van der Waals surface area contributed by atoms with Gasteiger partial charge >= 0.3 is 0 Å². The van der Waals surface area contributed by atoms with Crippen LogP contribution in [-0.4, -0.2) is 27.8 Å². The van der Waals surface area contributed by atoms with Crippen LogP contribution in [0.2, 0.25) is 0 Å². The summed E-state index contributed by atoms with van der Waals surface area (Å²) in [5.74, 6) is 0.398. The lowest BCUT2D eigenvalue weighted by atomic mass is 10.1. The van der Waals surface area contributed by atoms with Crippen molar-refractivity contribution in [2.24, 2.45) is 5.73 Å². The number of hydrogen-bond acceptors (Lipinski definition) is 4. The van der Waals surface area contributed by atoms with Gasteiger partial charge in [0.2, 0.25) is 10.0 Å². The number of sulfonamides is 1. The molecular formula is C11H18N2O3S. The molecule has 0 heterocycles. The van der Waals surface area contributed by atoms with Crippen LogP contribution in [0.3, 0.4) is 0 Å². The molecule has 0 aliphatic carbocycles. The minimum atomic E-state index is -3.40. The Morgan fingerprint density at radius 1 is 1.41 bits per heavy atom. The molecule has 96 valence electrons. The lowest BCUT2D eigenvalue weighted by Gasteiger charge is -2.12. The van der Waals surface area contributed by atoms with Gasteiger partial charge in [0.1, 0.15) is 5.75 Å². The Morgan fingerprint density at radius 3 is 2.65 bits per heavy atom. The molecule has 0 amide bonds. The fourth-order valence-corrected chi connectivity index (χ4v) is 2.34. The third-order valence-electron chi connectivity index (χ3n) is 2.32. The molecule has 0 unspecified atom stereocenters. The number of methoxy groups -OCH3 is 1. The van der Waals surface area contributed by atoms with Gasteiger partial charge in [-0.2, -0.15) is 0 Å². The van der Waals surface area contributed by atoms with Crippen molar-refractivity contribution in [2.45, 2.75) is 13.3 Å². The van der Waals surface area contributed by atoms with Crippen molar-refractivity contribution in [1.29, 1.82) is 0 Å². The Kier molecular flexibility index (Phi) is 4.77. The highest BCUT2D eigenvalue weighted by atomic mass is 32.2. The molecule has 0 aliphatic heterocycles. The summed E-state index contributed by atoms with van der Waals surface area (Å²) in [5.41, 5.74) is 6.74. The second kappa shape index (κ2) is 5.88. The molecular weight excluding hydrogens is 240 g/mol. The van der Waals surface area contributed by atoms with Crippen molar-refractivity contribution in [3.63, 3.8) is 0 Å². The molecule has 0 saturated heterocycles. The lowest BCUT2D eigenvalue weighted by molar-refractivity contribution is 0.416. The number of ether oxygens (including phenoxy) is 1. The van der Waals surface area contributed by atoms with Crippen molar-refractivity contribution in [3.8, 4) is 5.75 Å². The Hall–Kier alpha value is -1.27. The van der Waals surface area contributed by atoms with Crippen LogP contribution in [0.25, 0.3) is 0 Å². The second-order valence-corrected chi connectivity index (χ2v) is 5.44. The van der Waals surface area contributed by atoms with E-state index in [4.69, 9.17) is 10.5 Å². The number of hydrogen-bond donors (Lipinski definition) is 2. The van der Waals surface area contributed by atoms with E-state index < -0.39 is 10.0 Å². The smallest absolute Gasteiger partial charge is 0.234 e. The molecule has 17 heavy (non-hydrogen) atoms. The highest BCUT2D eigenvalue weighted by Gasteiger charge is 2.12. The van der Waals surface area contributed by atoms with E-state index in [0.29, 0.717) is 11.4 Å². The van der Waals surface area contributed by atoms with Gasteiger partial charge in [-0.15, -0.1) is 0 Å². The predicted octanol–water partition coefficient (Wildman–Crippen LogP) is 0.958. The van der Waals surface area contributed by atoms with Gasteiger partial charge in [-0.3, -0.25) is 4.72 Å². The molecule has 0 saturated carbocycles. The summed E-state index contributed by atoms with van der Waals surface area (Å²) in [4.78, 5) is 0. The maximum Gasteiger partial charge on any atom is 0.234 e. The van der Waals surface area contributed by atoms with Crippen LogP contribution in [0.15, 0.2) is 18.2 Å². The van der Waals surface area contributed by atoms with Crippen LogP contribution < -0.4 is 15.2 Å². The van der Waals surface area contributed by atoms with E-state index in [-0.39, 0.29) is 12.3 Å². The van der Waals surface area contributed by atoms with E-state index in [9.17, 15) is 8.42 Å². The average Bonchev–Trinajstić information content (AvgIpc) is 2.28. The molecule has 1 rings (SSSR count). The first-order chi connectivity index (χ1) is 8.02. The zero-order valence-corrected chi connectivity index (χ0v) is 10.9. The van der Waals surface area contributed by atoms with Gasteiger partial charge < -0.3 is 10.5 Å². The molecule has 0 radical (unpaired) electrons. The first-order valence-corrected chi connectivity index (χ1v) is 7.05. The zero-order valence-electron chi connectivity index (χ0n) is 10.1. The maximum absolute atomic E-state index is 11.6. The molecule has 0 bridgehead atoms. The van der Waals surface area contributed by atoms with E-state index in [1.807, 2.05) is 13.0 Å². The summed E-state index contributed by atoms with van der Waals surface area (Å²) in [6, 6.07) is 5.42. The first-order valence-electron chi connectivity index (χ1n) is 5.40. The van der Waals surface area contributed by atoms with Gasteiger partial charge in [0, 0.05) is 6.54 Å². The van der Waals surface area contributed by atoms with Gasteiger partial charge in [0.25, 0.3) is 0 Å². The molecule has 1 aromatic rings. The molecule has 1 aromatic carbocycles. The second-order valence-electron chi connectivity index (χ2n) is 3.60. The lowest BCUT2D eigenvalue weighted by Crippen LogP contribution is -2.22. The standard InChI is InChI=1S/C11H18N2O3S/c1-3-9-4-5-11(16-2)10(8-9)13-17(14,15)7-6-12/h4-5,8,13H,3,6-7,12H2,1-2H3. The van der Waals surface area contributed by atoms with Crippen molar-refractivity contribution in [3.05, 3.63) is 23.8 Å². The molecule has 0 aliphatic rings. The minimum absolute atomic E-state index is 0.0884. The maximum atomic E-state index is 11.6. The summed E-state index contributed by atoms with van der Waals surface area (Å²) < 4.78 is 30.8. The third kappa shape index (κ3) is 3.90. The Balaban J connectivity index is 3.03. The first kappa shape index (κ1) is 13.8. The predicted molar refractivity (Wildman–Crippen MR) is 68.8 cm³/mol. The van der Waals surface area contributed by atoms with Crippen LogP contribution in [0.5, 0.6) is 5.75 Å². The number of rotatable bonds is 6. The van der Waals surface area contributed by atoms with Gasteiger partial charge in [-0.05, 0) is 24.1 Å². The monoisotopic (exact) mass is 258 g/mol. The number of nitrogens with two attached hydrogens (primary N) is 1. The van der Waals surface area contributed by atoms with E-state index in [1.54, 1.807) is 12.1 Å². The normalized spacial score (nSPS) is 11.2. The topological polar surface area (TPSA) is 81.4 Å². The molecule has 0 fully saturated rings. The van der Waals surface area contributed by atoms with Crippen LogP contribution in [0, 0.1) is 0 Å². The summed E-state index contributed by atoms with van der Waals surface area (Å²) in [6.45, 7) is 2.09. The molecule has 0 aromatic heterocycles. The number of nitrogens with one attached hydrogen (secondary N) is 1. The zero-order chi connectivity index (χ0) is 12.9. The van der Waals surface area contributed by atoms with Crippen LogP contribution in [0.4, 0.5) is 5.69 Å². The van der Waals surface area contributed by atoms with E-state index in [1.165, 1.54) is 7.11 Å². The largest absolute Gasteiger partial charge is 0.495 e. The Morgan fingerprint density at radius 2 is 2.12 bits per heavy atom. The SMILES string of the molecule is CCc1ccc(OC)c(NS(=O)(=O)CCN)c1. The van der Waals surface area contributed by atoms with Gasteiger partial charge in [-0.1, -0.05) is 13.0 Å². The average molecular weight is 258 g/mol. The number of aryl methyl sites for hydroxylation is 1. The van der Waals surface area contributed by atoms with Crippen LogP contribution in [0.1, 0.15) is 12.5 Å². The van der Waals surface area contributed by atoms with Crippen molar-refractivity contribution in [2.75, 3.05) is 24.1 Å². The highest BCUT2D eigenvalue weighted by molar-refractivity contribution is 7.92. The third-order valence-corrected chi connectivity index (χ3v) is 3.63. The number of anilines is 1. The van der Waals surface area contributed by atoms with E-state index in [0.717, 1.165) is 12.0 Å².